The van der Waals surface area contributed by atoms with E-state index in [2.05, 4.69) is 54.3 Å². The fraction of sp³-hybridized carbons (Fsp3) is 0.300. The molecule has 0 atom stereocenters. The van der Waals surface area contributed by atoms with E-state index < -0.39 is 0 Å². The van der Waals surface area contributed by atoms with Crippen molar-refractivity contribution in [3.63, 3.8) is 0 Å². The fourth-order valence-corrected chi connectivity index (χ4v) is 3.02. The summed E-state index contributed by atoms with van der Waals surface area (Å²) in [6.45, 7) is 4.32. The Kier molecular flexibility index (Phi) is 4.47. The molecule has 3 rings (SSSR count). The van der Waals surface area contributed by atoms with Crippen LogP contribution in [-0.4, -0.2) is 20.2 Å². The van der Waals surface area contributed by atoms with Crippen LogP contribution in [0.2, 0.25) is 0 Å². The van der Waals surface area contributed by atoms with Gasteiger partial charge in [-0.3, -0.25) is 0 Å². The van der Waals surface area contributed by atoms with E-state index in [4.69, 9.17) is 4.74 Å². The first kappa shape index (κ1) is 14.7. The molecule has 0 bridgehead atoms. The molecule has 2 heteroatoms. The van der Waals surface area contributed by atoms with E-state index in [0.29, 0.717) is 0 Å². The van der Waals surface area contributed by atoms with Crippen LogP contribution < -0.4 is 9.64 Å². The van der Waals surface area contributed by atoms with Gasteiger partial charge >= 0.3 is 0 Å². The third kappa shape index (κ3) is 3.16. The number of benzene rings is 2. The van der Waals surface area contributed by atoms with Crippen molar-refractivity contribution in [2.75, 3.05) is 25.1 Å². The Morgan fingerprint density at radius 1 is 1.00 bits per heavy atom. The third-order valence-electron chi connectivity index (χ3n) is 4.31. The fourth-order valence-electron chi connectivity index (χ4n) is 3.02. The largest absolute Gasteiger partial charge is 0.497 e. The maximum Gasteiger partial charge on any atom is 0.118 e. The van der Waals surface area contributed by atoms with Crippen molar-refractivity contribution in [2.45, 2.75) is 19.8 Å². The van der Waals surface area contributed by atoms with Crippen LogP contribution in [-0.2, 0) is 6.42 Å². The van der Waals surface area contributed by atoms with Crippen molar-refractivity contribution in [1.29, 1.82) is 0 Å². The lowest BCUT2D eigenvalue weighted by Gasteiger charge is -2.30. The molecular weight excluding hydrogens is 270 g/mol. The first-order chi connectivity index (χ1) is 10.8. The van der Waals surface area contributed by atoms with Gasteiger partial charge in [0.25, 0.3) is 0 Å². The van der Waals surface area contributed by atoms with Crippen LogP contribution in [0.25, 0.3) is 6.08 Å². The van der Waals surface area contributed by atoms with Gasteiger partial charge in [0.15, 0.2) is 0 Å². The molecule has 0 fully saturated rings. The van der Waals surface area contributed by atoms with Gasteiger partial charge in [0.2, 0.25) is 0 Å². The van der Waals surface area contributed by atoms with Crippen LogP contribution in [0.15, 0.2) is 54.1 Å². The predicted octanol–water partition coefficient (Wildman–Crippen LogP) is 4.55. The minimum atomic E-state index is 0.923. The van der Waals surface area contributed by atoms with E-state index in [-0.39, 0.29) is 0 Å². The molecule has 0 unspecified atom stereocenters. The molecule has 0 amide bonds. The van der Waals surface area contributed by atoms with E-state index in [0.717, 1.165) is 31.7 Å². The number of rotatable bonds is 5. The number of aryl methyl sites for hydroxylation is 1. The van der Waals surface area contributed by atoms with Gasteiger partial charge in [-0.25, -0.2) is 0 Å². The Bertz CT molecular complexity index is 658. The molecule has 0 saturated heterocycles. The summed E-state index contributed by atoms with van der Waals surface area (Å²) < 4.78 is 5.21. The molecule has 22 heavy (non-hydrogen) atoms. The minimum absolute atomic E-state index is 0.923. The molecule has 0 N–H and O–H groups in total. The van der Waals surface area contributed by atoms with E-state index in [1.54, 1.807) is 7.11 Å². The van der Waals surface area contributed by atoms with Crippen molar-refractivity contribution < 1.29 is 4.74 Å². The topological polar surface area (TPSA) is 12.5 Å². The number of fused-ring (bicyclic) bond motifs is 1. The van der Waals surface area contributed by atoms with Gasteiger partial charge in [0.1, 0.15) is 5.75 Å². The standard InChI is InChI=1S/C20H23NO/c1-3-21-15-17(14-18-6-4-5-7-20(18)21)9-8-16-10-12-19(22-2)13-11-16/h4-7,10-14H,3,8-9,15H2,1-2H3. The Labute approximate surface area is 133 Å². The molecule has 0 aliphatic carbocycles. The van der Waals surface area contributed by atoms with Crippen LogP contribution in [0.1, 0.15) is 24.5 Å². The van der Waals surface area contributed by atoms with Crippen molar-refractivity contribution in [3.05, 3.63) is 65.2 Å². The average molecular weight is 293 g/mol. The smallest absolute Gasteiger partial charge is 0.118 e. The van der Waals surface area contributed by atoms with Gasteiger partial charge < -0.3 is 9.64 Å². The number of ether oxygens (including phenoxy) is 1. The molecule has 2 nitrogen and oxygen atoms in total. The summed E-state index contributed by atoms with van der Waals surface area (Å²) in [5.41, 5.74) is 5.58. The maximum atomic E-state index is 5.21. The van der Waals surface area contributed by atoms with Crippen molar-refractivity contribution >= 4 is 11.8 Å². The lowest BCUT2D eigenvalue weighted by atomic mass is 9.97. The molecule has 114 valence electrons. The molecule has 0 saturated carbocycles. The lowest BCUT2D eigenvalue weighted by molar-refractivity contribution is 0.414. The molecule has 2 aromatic carbocycles. The maximum absolute atomic E-state index is 5.21. The van der Waals surface area contributed by atoms with Crippen molar-refractivity contribution in [1.82, 2.24) is 0 Å². The highest BCUT2D eigenvalue weighted by Crippen LogP contribution is 2.29. The molecule has 1 aliphatic rings. The van der Waals surface area contributed by atoms with Gasteiger partial charge in [-0.05, 0) is 54.7 Å². The number of nitrogens with zero attached hydrogens (tertiary/aromatic N) is 1. The summed E-state index contributed by atoms with van der Waals surface area (Å²) in [4.78, 5) is 2.46. The molecule has 2 aromatic rings. The number of para-hydroxylation sites is 1. The summed E-state index contributed by atoms with van der Waals surface area (Å²) in [6.07, 6.45) is 4.55. The molecule has 0 aromatic heterocycles. The number of hydrogen-bond acceptors (Lipinski definition) is 2. The van der Waals surface area contributed by atoms with Gasteiger partial charge in [0.05, 0.1) is 7.11 Å². The van der Waals surface area contributed by atoms with Gasteiger partial charge in [0, 0.05) is 18.8 Å². The zero-order valence-electron chi connectivity index (χ0n) is 13.4. The number of anilines is 1. The third-order valence-corrected chi connectivity index (χ3v) is 4.31. The Balaban J connectivity index is 1.71. The van der Waals surface area contributed by atoms with E-state index in [9.17, 15) is 0 Å². The molecule has 0 spiro atoms. The van der Waals surface area contributed by atoms with Crippen LogP contribution in [0.3, 0.4) is 0 Å². The van der Waals surface area contributed by atoms with E-state index in [1.165, 1.54) is 22.4 Å². The second-order valence-electron chi connectivity index (χ2n) is 5.72. The molecular formula is C20H23NO. The quantitative estimate of drug-likeness (QED) is 0.802. The molecule has 1 aliphatic heterocycles. The van der Waals surface area contributed by atoms with Crippen LogP contribution in [0, 0.1) is 0 Å². The van der Waals surface area contributed by atoms with Crippen LogP contribution in [0.5, 0.6) is 5.75 Å². The zero-order valence-corrected chi connectivity index (χ0v) is 13.4. The second-order valence-corrected chi connectivity index (χ2v) is 5.72. The average Bonchev–Trinajstić information content (AvgIpc) is 2.59. The molecule has 0 radical (unpaired) electrons. The Morgan fingerprint density at radius 2 is 1.77 bits per heavy atom. The first-order valence-electron chi connectivity index (χ1n) is 7.96. The first-order valence-corrected chi connectivity index (χ1v) is 7.96. The lowest BCUT2D eigenvalue weighted by Crippen LogP contribution is -2.28. The SMILES string of the molecule is CCN1CC(CCc2ccc(OC)cc2)=Cc2ccccc21. The summed E-state index contributed by atoms with van der Waals surface area (Å²) >= 11 is 0. The van der Waals surface area contributed by atoms with E-state index in [1.807, 2.05) is 12.1 Å². The highest BCUT2D eigenvalue weighted by Gasteiger charge is 2.15. The van der Waals surface area contributed by atoms with Crippen molar-refractivity contribution in [3.8, 4) is 5.75 Å². The Morgan fingerprint density at radius 3 is 2.50 bits per heavy atom. The predicted molar refractivity (Wildman–Crippen MR) is 93.6 cm³/mol. The highest BCUT2D eigenvalue weighted by atomic mass is 16.5. The van der Waals surface area contributed by atoms with Crippen LogP contribution >= 0.6 is 0 Å². The number of likely N-dealkylation sites (N-methyl/N-ethyl adjacent to an activating group) is 1. The Hall–Kier alpha value is -2.22. The summed E-state index contributed by atoms with van der Waals surface area (Å²) in [5.74, 6) is 0.923. The van der Waals surface area contributed by atoms with Gasteiger partial charge in [-0.2, -0.15) is 0 Å². The minimum Gasteiger partial charge on any atom is -0.497 e. The summed E-state index contributed by atoms with van der Waals surface area (Å²) in [7, 11) is 1.71. The summed E-state index contributed by atoms with van der Waals surface area (Å²) in [5, 5.41) is 0. The van der Waals surface area contributed by atoms with Gasteiger partial charge in [-0.15, -0.1) is 0 Å². The number of methoxy groups -OCH3 is 1. The normalized spacial score (nSPS) is 13.5. The zero-order chi connectivity index (χ0) is 15.4. The van der Waals surface area contributed by atoms with Gasteiger partial charge in [-0.1, -0.05) is 36.4 Å². The van der Waals surface area contributed by atoms with Crippen molar-refractivity contribution in [2.24, 2.45) is 0 Å². The summed E-state index contributed by atoms with van der Waals surface area (Å²) in [6, 6.07) is 17.1. The van der Waals surface area contributed by atoms with Crippen LogP contribution in [0.4, 0.5) is 5.69 Å². The monoisotopic (exact) mass is 293 g/mol. The highest BCUT2D eigenvalue weighted by molar-refractivity contribution is 5.73. The number of hydrogen-bond donors (Lipinski definition) is 0. The van der Waals surface area contributed by atoms with E-state index >= 15 is 0 Å². The molecule has 1 heterocycles. The second kappa shape index (κ2) is 6.69.